The Morgan fingerprint density at radius 3 is 2.11 bits per heavy atom. The third-order valence-corrected chi connectivity index (χ3v) is 3.98. The summed E-state index contributed by atoms with van der Waals surface area (Å²) in [7, 11) is 0. The van der Waals surface area contributed by atoms with E-state index in [0.29, 0.717) is 5.52 Å². The lowest BCUT2D eigenvalue weighted by Gasteiger charge is -2.03. The molecule has 0 aliphatic rings. The number of aromatic nitrogens is 2. The van der Waals surface area contributed by atoms with Crippen LogP contribution in [-0.4, -0.2) is 43.2 Å². The molecule has 0 spiro atoms. The van der Waals surface area contributed by atoms with Crippen LogP contribution in [0, 0.1) is 0 Å². The summed E-state index contributed by atoms with van der Waals surface area (Å²) in [5.41, 5.74) is -0.445. The average Bonchev–Trinajstić information content (AvgIpc) is 2.63. The van der Waals surface area contributed by atoms with E-state index in [1.807, 2.05) is 18.2 Å². The minimum atomic E-state index is -1.48. The van der Waals surface area contributed by atoms with Crippen LogP contribution in [0.2, 0.25) is 10.0 Å². The second kappa shape index (κ2) is 8.43. The Morgan fingerprint density at radius 1 is 0.852 bits per heavy atom. The van der Waals surface area contributed by atoms with Crippen molar-refractivity contribution < 1.29 is 29.7 Å². The maximum absolute atomic E-state index is 10.7. The van der Waals surface area contributed by atoms with Crippen LogP contribution in [0.4, 0.5) is 0 Å². The van der Waals surface area contributed by atoms with E-state index in [0.717, 1.165) is 11.6 Å². The summed E-state index contributed by atoms with van der Waals surface area (Å²) in [5.74, 6) is -3.95. The second-order valence-electron chi connectivity index (χ2n) is 4.95. The lowest BCUT2D eigenvalue weighted by molar-refractivity contribution is 0.0646. The molecule has 3 aromatic rings. The second-order valence-corrected chi connectivity index (χ2v) is 5.73. The number of aromatic carboxylic acids is 3. The zero-order valence-corrected chi connectivity index (χ0v) is 14.8. The van der Waals surface area contributed by atoms with E-state index in [9.17, 15) is 14.4 Å². The average molecular weight is 409 g/mol. The van der Waals surface area contributed by atoms with Crippen molar-refractivity contribution in [2.45, 2.75) is 0 Å². The molecule has 3 rings (SSSR count). The Labute approximate surface area is 161 Å². The van der Waals surface area contributed by atoms with E-state index in [1.165, 1.54) is 6.07 Å². The molecule has 0 atom stereocenters. The molecule has 3 N–H and O–H groups in total. The van der Waals surface area contributed by atoms with Crippen LogP contribution in [-0.2, 0) is 0 Å². The molecule has 10 heteroatoms. The molecule has 138 valence electrons. The van der Waals surface area contributed by atoms with Crippen LogP contribution in [0.1, 0.15) is 31.3 Å². The van der Waals surface area contributed by atoms with Crippen LogP contribution in [0.5, 0.6) is 0 Å². The Bertz CT molecular complexity index is 1050. The molecule has 2 heterocycles. The van der Waals surface area contributed by atoms with Crippen LogP contribution in [0.3, 0.4) is 0 Å². The van der Waals surface area contributed by atoms with Crippen LogP contribution in [0.15, 0.2) is 42.6 Å². The number of rotatable bonds is 3. The maximum atomic E-state index is 10.7. The first-order valence-electron chi connectivity index (χ1n) is 7.12. The minimum Gasteiger partial charge on any atom is -0.478 e. The number of hydrogen-bond donors (Lipinski definition) is 3. The first-order valence-corrected chi connectivity index (χ1v) is 7.87. The summed E-state index contributed by atoms with van der Waals surface area (Å²) >= 11 is 11.0. The Balaban J connectivity index is 0.000000194. The molecule has 0 aliphatic carbocycles. The van der Waals surface area contributed by atoms with E-state index < -0.39 is 29.2 Å². The van der Waals surface area contributed by atoms with Gasteiger partial charge in [0.1, 0.15) is 11.3 Å². The molecule has 0 amide bonds. The van der Waals surface area contributed by atoms with Gasteiger partial charge in [-0.25, -0.2) is 24.4 Å². The summed E-state index contributed by atoms with van der Waals surface area (Å²) in [6.07, 6.45) is 0.986. The molecule has 0 saturated carbocycles. The predicted octanol–water partition coefficient (Wildman–Crippen LogP) is 3.72. The van der Waals surface area contributed by atoms with Gasteiger partial charge in [-0.2, -0.15) is 0 Å². The monoisotopic (exact) mass is 408 g/mol. The van der Waals surface area contributed by atoms with Gasteiger partial charge in [0.05, 0.1) is 15.6 Å². The first kappa shape index (κ1) is 20.1. The molecular formula is C17H10Cl2N2O6. The molecule has 8 nitrogen and oxygen atoms in total. The van der Waals surface area contributed by atoms with E-state index in [-0.39, 0.29) is 15.7 Å². The minimum absolute atomic E-state index is 0.0821. The highest BCUT2D eigenvalue weighted by molar-refractivity contribution is 6.44. The highest BCUT2D eigenvalue weighted by Crippen LogP contribution is 2.26. The lowest BCUT2D eigenvalue weighted by Crippen LogP contribution is -2.11. The summed E-state index contributed by atoms with van der Waals surface area (Å²) in [4.78, 5) is 39.1. The number of carbonyl (C=O) groups is 3. The highest BCUT2D eigenvalue weighted by atomic mass is 35.5. The molecule has 0 unspecified atom stereocenters. The lowest BCUT2D eigenvalue weighted by atomic mass is 10.2. The number of hydrogen-bond acceptors (Lipinski definition) is 5. The van der Waals surface area contributed by atoms with Crippen molar-refractivity contribution >= 4 is 52.0 Å². The topological polar surface area (TPSA) is 138 Å². The van der Waals surface area contributed by atoms with E-state index in [1.54, 1.807) is 12.1 Å². The van der Waals surface area contributed by atoms with Crippen molar-refractivity contribution in [3.05, 3.63) is 69.6 Å². The number of nitrogens with zero attached hydrogens (tertiary/aromatic N) is 2. The fourth-order valence-corrected chi connectivity index (χ4v) is 2.37. The van der Waals surface area contributed by atoms with Gasteiger partial charge in [0.25, 0.3) is 0 Å². The smallest absolute Gasteiger partial charge is 0.355 e. The summed E-state index contributed by atoms with van der Waals surface area (Å²) in [6, 6.07) is 10.7. The third kappa shape index (κ3) is 4.69. The van der Waals surface area contributed by atoms with Crippen LogP contribution < -0.4 is 0 Å². The zero-order chi connectivity index (χ0) is 20.1. The van der Waals surface area contributed by atoms with Gasteiger partial charge < -0.3 is 15.3 Å². The SMILES string of the molecule is O=C(O)c1ccc2ccccc2n1.O=C(O)c1ncc(Cl)c(Cl)c1C(=O)O. The third-order valence-electron chi connectivity index (χ3n) is 3.21. The molecule has 0 radical (unpaired) electrons. The predicted molar refractivity (Wildman–Crippen MR) is 96.9 cm³/mol. The van der Waals surface area contributed by atoms with Gasteiger partial charge in [-0.3, -0.25) is 0 Å². The van der Waals surface area contributed by atoms with E-state index in [4.69, 9.17) is 38.5 Å². The molecule has 2 aromatic heterocycles. The number of carboxylic acid groups (broad SMARTS) is 3. The van der Waals surface area contributed by atoms with Gasteiger partial charge in [-0.05, 0) is 12.1 Å². The Morgan fingerprint density at radius 2 is 1.52 bits per heavy atom. The van der Waals surface area contributed by atoms with Gasteiger partial charge in [-0.15, -0.1) is 0 Å². The molecule has 0 saturated heterocycles. The fourth-order valence-electron chi connectivity index (χ4n) is 2.01. The quantitative estimate of drug-likeness (QED) is 0.595. The molecule has 0 fully saturated rings. The van der Waals surface area contributed by atoms with Gasteiger partial charge in [-0.1, -0.05) is 47.5 Å². The molecule has 27 heavy (non-hydrogen) atoms. The normalized spacial score (nSPS) is 10.0. The Hall–Kier alpha value is -3.23. The van der Waals surface area contributed by atoms with E-state index >= 15 is 0 Å². The summed E-state index contributed by atoms with van der Waals surface area (Å²) in [6.45, 7) is 0. The molecule has 0 aliphatic heterocycles. The molecular weight excluding hydrogens is 399 g/mol. The number of para-hydroxylation sites is 1. The van der Waals surface area contributed by atoms with Crippen molar-refractivity contribution in [2.75, 3.05) is 0 Å². The van der Waals surface area contributed by atoms with Crippen molar-refractivity contribution in [3.8, 4) is 0 Å². The fraction of sp³-hybridized carbons (Fsp3) is 0. The van der Waals surface area contributed by atoms with Gasteiger partial charge in [0.15, 0.2) is 5.69 Å². The van der Waals surface area contributed by atoms with Crippen molar-refractivity contribution in [3.63, 3.8) is 0 Å². The number of fused-ring (bicyclic) bond motifs is 1. The van der Waals surface area contributed by atoms with E-state index in [2.05, 4.69) is 9.97 Å². The largest absolute Gasteiger partial charge is 0.478 e. The maximum Gasteiger partial charge on any atom is 0.355 e. The zero-order valence-electron chi connectivity index (χ0n) is 13.3. The standard InChI is InChI=1S/C10H7NO2.C7H3Cl2NO4/c12-10(13)9-6-5-7-3-1-2-4-8(7)11-9;8-2-1-10-5(7(13)14)3(4(2)9)6(11)12/h1-6H,(H,12,13);1H,(H,11,12)(H,13,14). The van der Waals surface area contributed by atoms with Gasteiger partial charge >= 0.3 is 17.9 Å². The summed E-state index contributed by atoms with van der Waals surface area (Å²) in [5, 5.41) is 26.5. The van der Waals surface area contributed by atoms with Crippen LogP contribution >= 0.6 is 23.2 Å². The van der Waals surface area contributed by atoms with Crippen molar-refractivity contribution in [1.82, 2.24) is 9.97 Å². The first-order chi connectivity index (χ1) is 12.7. The number of halogens is 2. The highest BCUT2D eigenvalue weighted by Gasteiger charge is 2.22. The number of benzene rings is 1. The molecule has 1 aromatic carbocycles. The summed E-state index contributed by atoms with van der Waals surface area (Å²) < 4.78 is 0. The van der Waals surface area contributed by atoms with Gasteiger partial charge in [0.2, 0.25) is 0 Å². The molecule has 0 bridgehead atoms. The van der Waals surface area contributed by atoms with Crippen molar-refractivity contribution in [2.24, 2.45) is 0 Å². The van der Waals surface area contributed by atoms with Crippen molar-refractivity contribution in [1.29, 1.82) is 0 Å². The number of pyridine rings is 2. The number of carboxylic acids is 3. The van der Waals surface area contributed by atoms with Crippen LogP contribution in [0.25, 0.3) is 10.9 Å². The van der Waals surface area contributed by atoms with Gasteiger partial charge in [0, 0.05) is 11.6 Å². The Kier molecular flexibility index (Phi) is 6.27.